The molecule has 0 heteroatoms. The van der Waals surface area contributed by atoms with Crippen molar-refractivity contribution in [3.8, 4) is 22.3 Å². The van der Waals surface area contributed by atoms with Gasteiger partial charge in [-0.1, -0.05) is 72.8 Å². The van der Waals surface area contributed by atoms with E-state index in [0.29, 0.717) is 0 Å². The van der Waals surface area contributed by atoms with Crippen LogP contribution in [0.2, 0.25) is 0 Å². The fourth-order valence-corrected chi connectivity index (χ4v) is 4.77. The van der Waals surface area contributed by atoms with Gasteiger partial charge in [0, 0.05) is 0 Å². The molecule has 4 aromatic rings. The van der Waals surface area contributed by atoms with Gasteiger partial charge in [-0.05, 0) is 68.1 Å². The maximum atomic E-state index is 2.30. The van der Waals surface area contributed by atoms with Gasteiger partial charge in [-0.15, -0.1) is 0 Å². The average molecular weight is 304 g/mol. The predicted octanol–water partition coefficient (Wildman–Crippen LogP) is 5.98. The summed E-state index contributed by atoms with van der Waals surface area (Å²) in [5.74, 6) is 0. The highest BCUT2D eigenvalue weighted by molar-refractivity contribution is 6.11. The Morgan fingerprint density at radius 1 is 0.458 bits per heavy atom. The molecule has 0 saturated heterocycles. The molecule has 0 aliphatic heterocycles. The smallest absolute Gasteiger partial charge is 0.00101 e. The summed E-state index contributed by atoms with van der Waals surface area (Å²) in [5, 5.41) is 2.82. The topological polar surface area (TPSA) is 0 Å². The first-order valence-electron chi connectivity index (χ1n) is 8.65. The van der Waals surface area contributed by atoms with Crippen LogP contribution in [-0.2, 0) is 12.8 Å². The maximum Gasteiger partial charge on any atom is -0.00101 e. The van der Waals surface area contributed by atoms with Crippen LogP contribution in [0.15, 0.2) is 72.8 Å². The minimum atomic E-state index is 1.08. The molecule has 0 atom stereocenters. The molecule has 2 aliphatic carbocycles. The molecule has 2 aliphatic rings. The van der Waals surface area contributed by atoms with E-state index in [9.17, 15) is 0 Å². The number of rotatable bonds is 0. The van der Waals surface area contributed by atoms with Crippen molar-refractivity contribution in [3.63, 3.8) is 0 Å². The van der Waals surface area contributed by atoms with Crippen LogP contribution in [0, 0.1) is 0 Å². The highest BCUT2D eigenvalue weighted by Crippen LogP contribution is 2.51. The molecule has 0 unspecified atom stereocenters. The average Bonchev–Trinajstić information content (AvgIpc) is 3.21. The highest BCUT2D eigenvalue weighted by Gasteiger charge is 2.30. The van der Waals surface area contributed by atoms with Crippen LogP contribution in [0.4, 0.5) is 0 Å². The van der Waals surface area contributed by atoms with Gasteiger partial charge in [-0.25, -0.2) is 0 Å². The van der Waals surface area contributed by atoms with Gasteiger partial charge in [0.15, 0.2) is 0 Å². The molecule has 0 saturated carbocycles. The third kappa shape index (κ3) is 1.44. The molecule has 112 valence electrons. The van der Waals surface area contributed by atoms with E-state index in [1.807, 2.05) is 0 Å². The molecule has 24 heavy (non-hydrogen) atoms. The molecule has 0 spiro atoms. The highest BCUT2D eigenvalue weighted by atomic mass is 14.3. The van der Waals surface area contributed by atoms with Gasteiger partial charge >= 0.3 is 0 Å². The third-order valence-corrected chi connectivity index (χ3v) is 5.74. The quantitative estimate of drug-likeness (QED) is 0.324. The molecule has 0 amide bonds. The lowest BCUT2D eigenvalue weighted by Crippen LogP contribution is -1.93. The standard InChI is InChI=1S/C24H16/c1-3-9-17-15(7-1)13-21-22-14-16-8-2-4-10-18(16)24(22)20-12-6-5-11-19(20)23(17)21/h1-12H,13-14H2. The zero-order valence-corrected chi connectivity index (χ0v) is 13.3. The number of fused-ring (bicyclic) bond motifs is 10. The molecule has 4 aromatic carbocycles. The summed E-state index contributed by atoms with van der Waals surface area (Å²) in [7, 11) is 0. The van der Waals surface area contributed by atoms with Gasteiger partial charge in [-0.2, -0.15) is 0 Å². The zero-order valence-electron chi connectivity index (χ0n) is 13.3. The Bertz CT molecular complexity index is 1060. The molecule has 0 heterocycles. The fraction of sp³-hybridized carbons (Fsp3) is 0.0833. The molecule has 0 fully saturated rings. The molecule has 0 radical (unpaired) electrons. The lowest BCUT2D eigenvalue weighted by atomic mass is 9.89. The summed E-state index contributed by atoms with van der Waals surface area (Å²) in [4.78, 5) is 0. The first kappa shape index (κ1) is 12.5. The van der Waals surface area contributed by atoms with E-state index < -0.39 is 0 Å². The van der Waals surface area contributed by atoms with E-state index in [-0.39, 0.29) is 0 Å². The number of hydrogen-bond acceptors (Lipinski definition) is 0. The Labute approximate surface area is 141 Å². The SMILES string of the molecule is c1ccc2c(c1)Cc1c3c(c4ccccc4c1-2)-c1ccccc1C3. The van der Waals surface area contributed by atoms with Gasteiger partial charge in [0.2, 0.25) is 0 Å². The van der Waals surface area contributed by atoms with Gasteiger partial charge in [0.25, 0.3) is 0 Å². The van der Waals surface area contributed by atoms with Crippen molar-refractivity contribution in [2.24, 2.45) is 0 Å². The molecular formula is C24H16. The van der Waals surface area contributed by atoms with E-state index in [0.717, 1.165) is 12.8 Å². The summed E-state index contributed by atoms with van der Waals surface area (Å²) in [6.45, 7) is 0. The van der Waals surface area contributed by atoms with Crippen LogP contribution in [0.5, 0.6) is 0 Å². The van der Waals surface area contributed by atoms with Gasteiger partial charge < -0.3 is 0 Å². The van der Waals surface area contributed by atoms with Gasteiger partial charge in [0.1, 0.15) is 0 Å². The largest absolute Gasteiger partial charge is 0.0619 e. The van der Waals surface area contributed by atoms with Crippen LogP contribution >= 0.6 is 0 Å². The van der Waals surface area contributed by atoms with Crippen LogP contribution in [0.25, 0.3) is 33.0 Å². The normalized spacial score (nSPS) is 13.5. The van der Waals surface area contributed by atoms with E-state index in [2.05, 4.69) is 72.8 Å². The lowest BCUT2D eigenvalue weighted by Gasteiger charge is -2.14. The van der Waals surface area contributed by atoms with Crippen molar-refractivity contribution in [3.05, 3.63) is 95.1 Å². The second-order valence-corrected chi connectivity index (χ2v) is 6.92. The van der Waals surface area contributed by atoms with E-state index in [4.69, 9.17) is 0 Å². The zero-order chi connectivity index (χ0) is 15.7. The predicted molar refractivity (Wildman–Crippen MR) is 100 cm³/mol. The molecule has 0 nitrogen and oxygen atoms in total. The van der Waals surface area contributed by atoms with Crippen LogP contribution < -0.4 is 0 Å². The van der Waals surface area contributed by atoms with Crippen molar-refractivity contribution >= 4 is 10.8 Å². The Kier molecular flexibility index (Phi) is 2.28. The van der Waals surface area contributed by atoms with Crippen LogP contribution in [-0.4, -0.2) is 0 Å². The Hall–Kier alpha value is -2.86. The molecule has 0 N–H and O–H groups in total. The van der Waals surface area contributed by atoms with Gasteiger partial charge in [-0.3, -0.25) is 0 Å². The molecule has 0 aromatic heterocycles. The maximum absolute atomic E-state index is 2.30. The Balaban J connectivity index is 1.82. The van der Waals surface area contributed by atoms with Crippen molar-refractivity contribution < 1.29 is 0 Å². The second kappa shape index (κ2) is 4.36. The molecular weight excluding hydrogens is 288 g/mol. The van der Waals surface area contributed by atoms with Crippen molar-refractivity contribution in [2.75, 3.05) is 0 Å². The minimum absolute atomic E-state index is 1.08. The lowest BCUT2D eigenvalue weighted by molar-refractivity contribution is 1.17. The summed E-state index contributed by atoms with van der Waals surface area (Å²) in [6, 6.07) is 26.8. The first-order valence-corrected chi connectivity index (χ1v) is 8.65. The van der Waals surface area contributed by atoms with Crippen molar-refractivity contribution in [2.45, 2.75) is 12.8 Å². The van der Waals surface area contributed by atoms with Crippen LogP contribution in [0.3, 0.4) is 0 Å². The molecule has 6 rings (SSSR count). The summed E-state index contributed by atoms with van der Waals surface area (Å²) >= 11 is 0. The van der Waals surface area contributed by atoms with E-state index >= 15 is 0 Å². The van der Waals surface area contributed by atoms with Crippen molar-refractivity contribution in [1.82, 2.24) is 0 Å². The number of benzene rings is 4. The molecule has 0 bridgehead atoms. The third-order valence-electron chi connectivity index (χ3n) is 5.74. The number of hydrogen-bond donors (Lipinski definition) is 0. The monoisotopic (exact) mass is 304 g/mol. The van der Waals surface area contributed by atoms with Crippen molar-refractivity contribution in [1.29, 1.82) is 0 Å². The Morgan fingerprint density at radius 2 is 0.875 bits per heavy atom. The minimum Gasteiger partial charge on any atom is -0.0619 e. The Morgan fingerprint density at radius 3 is 1.38 bits per heavy atom. The van der Waals surface area contributed by atoms with E-state index in [1.54, 1.807) is 11.1 Å². The van der Waals surface area contributed by atoms with Crippen LogP contribution in [0.1, 0.15) is 22.3 Å². The summed E-state index contributed by atoms with van der Waals surface area (Å²) < 4.78 is 0. The summed E-state index contributed by atoms with van der Waals surface area (Å²) in [6.07, 6.45) is 2.15. The first-order chi connectivity index (χ1) is 11.9. The van der Waals surface area contributed by atoms with Gasteiger partial charge in [0.05, 0.1) is 0 Å². The second-order valence-electron chi connectivity index (χ2n) is 6.92. The summed E-state index contributed by atoms with van der Waals surface area (Å²) in [5.41, 5.74) is 11.9. The van der Waals surface area contributed by atoms with E-state index in [1.165, 1.54) is 44.2 Å². The fourth-order valence-electron chi connectivity index (χ4n) is 4.77.